The molecule has 2 atom stereocenters. The average molecular weight is 573 g/mol. The van der Waals surface area contributed by atoms with E-state index in [1.807, 2.05) is 0 Å². The maximum atomic E-state index is 15.4. The zero-order valence-electron chi connectivity index (χ0n) is 21.0. The van der Waals surface area contributed by atoms with Crippen LogP contribution in [0.5, 0.6) is 5.75 Å². The molecule has 2 heterocycles. The molecule has 1 aliphatic rings. The van der Waals surface area contributed by atoms with Crippen molar-refractivity contribution in [1.29, 1.82) is 0 Å². The summed E-state index contributed by atoms with van der Waals surface area (Å²) in [5, 5.41) is 9.26. The van der Waals surface area contributed by atoms with Gasteiger partial charge in [0.05, 0.1) is 11.2 Å². The first-order chi connectivity index (χ1) is 19.0. The molecule has 13 heteroatoms. The molecule has 0 aliphatic carbocycles. The summed E-state index contributed by atoms with van der Waals surface area (Å²) in [6.45, 7) is 1.93. The first-order valence-corrected chi connectivity index (χ1v) is 13.7. The number of aromatic carboxylic acids is 1. The molecule has 0 bridgehead atoms. The largest absolute Gasteiger partial charge is 0.477 e. The maximum Gasteiger partial charge on any atom is 0.459 e. The van der Waals surface area contributed by atoms with E-state index in [4.69, 9.17) is 4.52 Å². The van der Waals surface area contributed by atoms with Crippen LogP contribution in [0.25, 0.3) is 16.6 Å². The van der Waals surface area contributed by atoms with E-state index in [0.717, 1.165) is 24.4 Å². The number of carboxylic acids is 1. The van der Waals surface area contributed by atoms with Crippen molar-refractivity contribution < 1.29 is 37.1 Å². The quantitative estimate of drug-likeness (QED) is 0.317. The van der Waals surface area contributed by atoms with Crippen LogP contribution in [0.2, 0.25) is 0 Å². The summed E-state index contributed by atoms with van der Waals surface area (Å²) < 4.78 is 64.0. The number of anilines is 1. The summed E-state index contributed by atoms with van der Waals surface area (Å²) in [7, 11) is -4.25. The fraction of sp³-hybridized carbons (Fsp3) is 0.185. The maximum absolute atomic E-state index is 15.4. The third-order valence-corrected chi connectivity index (χ3v) is 8.40. The van der Waals surface area contributed by atoms with Crippen molar-refractivity contribution in [2.75, 3.05) is 24.5 Å². The van der Waals surface area contributed by atoms with Crippen LogP contribution in [-0.2, 0) is 4.57 Å². The van der Waals surface area contributed by atoms with Crippen LogP contribution in [0.4, 0.5) is 18.9 Å². The highest BCUT2D eigenvalue weighted by Crippen LogP contribution is 2.49. The number of pyridine rings is 1. The highest BCUT2D eigenvalue weighted by Gasteiger charge is 2.39. The van der Waals surface area contributed by atoms with Crippen LogP contribution in [0.3, 0.4) is 0 Å². The number of para-hydroxylation sites is 1. The van der Waals surface area contributed by atoms with E-state index in [1.54, 1.807) is 42.2 Å². The monoisotopic (exact) mass is 573 g/mol. The minimum Gasteiger partial charge on any atom is -0.477 e. The van der Waals surface area contributed by atoms with E-state index in [-0.39, 0.29) is 47.7 Å². The van der Waals surface area contributed by atoms with Crippen molar-refractivity contribution in [3.8, 4) is 11.4 Å². The van der Waals surface area contributed by atoms with Gasteiger partial charge in [0.25, 0.3) is 0 Å². The first-order valence-electron chi connectivity index (χ1n) is 12.1. The van der Waals surface area contributed by atoms with Gasteiger partial charge in [0.1, 0.15) is 17.1 Å². The third kappa shape index (κ3) is 5.08. The number of nitrogens with zero attached hydrogens (tertiary/aromatic N) is 3. The fourth-order valence-electron chi connectivity index (χ4n) is 4.79. The zero-order valence-corrected chi connectivity index (χ0v) is 21.9. The van der Waals surface area contributed by atoms with Gasteiger partial charge in [0.2, 0.25) is 5.43 Å². The topological polar surface area (TPSA) is 112 Å². The van der Waals surface area contributed by atoms with Crippen molar-refractivity contribution in [2.45, 2.75) is 13.0 Å². The number of hydrogen-bond donors (Lipinski definition) is 2. The Morgan fingerprint density at radius 1 is 1.00 bits per heavy atom. The lowest BCUT2D eigenvalue weighted by Gasteiger charge is -2.41. The number of rotatable bonds is 6. The predicted molar refractivity (Wildman–Crippen MR) is 142 cm³/mol. The lowest BCUT2D eigenvalue weighted by Crippen LogP contribution is -2.51. The van der Waals surface area contributed by atoms with Crippen molar-refractivity contribution >= 4 is 30.3 Å². The van der Waals surface area contributed by atoms with Crippen molar-refractivity contribution in [2.24, 2.45) is 0 Å². The van der Waals surface area contributed by atoms with Crippen LogP contribution in [0, 0.1) is 17.5 Å². The van der Waals surface area contributed by atoms with Crippen molar-refractivity contribution in [3.05, 3.63) is 100 Å². The van der Waals surface area contributed by atoms with Crippen LogP contribution >= 0.6 is 7.75 Å². The fourth-order valence-corrected chi connectivity index (χ4v) is 6.21. The Balaban J connectivity index is 1.53. The Kier molecular flexibility index (Phi) is 7.17. The number of hydrogen-bond acceptors (Lipinski definition) is 5. The molecule has 0 radical (unpaired) electrons. The van der Waals surface area contributed by atoms with Gasteiger partial charge in [-0.3, -0.25) is 4.79 Å². The number of piperazine rings is 1. The summed E-state index contributed by atoms with van der Waals surface area (Å²) in [5.41, 5.74) is -1.50. The molecule has 2 unspecified atom stereocenters. The molecule has 1 saturated heterocycles. The second-order valence-electron chi connectivity index (χ2n) is 9.32. The van der Waals surface area contributed by atoms with E-state index in [2.05, 4.69) is 0 Å². The number of carboxylic acid groups (broad SMARTS) is 1. The molecule has 2 N–H and O–H groups in total. The molecule has 3 aromatic carbocycles. The molecule has 0 saturated carbocycles. The van der Waals surface area contributed by atoms with Gasteiger partial charge in [0, 0.05) is 49.0 Å². The SMILES string of the molecule is CC1CN(c2cc3c(cc2F)c(=O)c(C(=O)O)cn3-c2ccc(F)c(F)c2)CCN1P(=O)(O)Oc1ccccc1. The zero-order chi connectivity index (χ0) is 28.8. The number of carbonyl (C=O) groups is 1. The molecular weight excluding hydrogens is 550 g/mol. The first kappa shape index (κ1) is 27.4. The average Bonchev–Trinajstić information content (AvgIpc) is 2.90. The van der Waals surface area contributed by atoms with Crippen LogP contribution in [0.1, 0.15) is 17.3 Å². The highest BCUT2D eigenvalue weighted by atomic mass is 31.2. The van der Waals surface area contributed by atoms with E-state index in [1.165, 1.54) is 21.4 Å². The Morgan fingerprint density at radius 3 is 2.38 bits per heavy atom. The Labute approximate surface area is 225 Å². The lowest BCUT2D eigenvalue weighted by atomic mass is 10.1. The van der Waals surface area contributed by atoms with Gasteiger partial charge in [-0.25, -0.2) is 22.5 Å². The molecule has 208 valence electrons. The summed E-state index contributed by atoms with van der Waals surface area (Å²) >= 11 is 0. The Hall–Kier alpha value is -4.12. The van der Waals surface area contributed by atoms with Gasteiger partial charge in [-0.15, -0.1) is 0 Å². The molecule has 0 spiro atoms. The van der Waals surface area contributed by atoms with Crippen LogP contribution in [-0.4, -0.2) is 50.9 Å². The van der Waals surface area contributed by atoms with E-state index in [9.17, 15) is 32.9 Å². The van der Waals surface area contributed by atoms with Gasteiger partial charge in [-0.2, -0.15) is 4.67 Å². The third-order valence-electron chi connectivity index (χ3n) is 6.71. The molecule has 0 amide bonds. The molecule has 4 aromatic rings. The minimum atomic E-state index is -4.25. The van der Waals surface area contributed by atoms with Crippen LogP contribution in [0.15, 0.2) is 71.7 Å². The number of halogens is 3. The van der Waals surface area contributed by atoms with E-state index < -0.39 is 48.2 Å². The molecule has 1 aliphatic heterocycles. The molecule has 1 fully saturated rings. The molecule has 5 rings (SSSR count). The lowest BCUT2D eigenvalue weighted by molar-refractivity contribution is 0.0695. The number of aromatic nitrogens is 1. The second kappa shape index (κ2) is 10.5. The Bertz CT molecular complexity index is 1730. The summed E-state index contributed by atoms with van der Waals surface area (Å²) in [6.07, 6.45) is 0.977. The number of benzene rings is 3. The van der Waals surface area contributed by atoms with Gasteiger partial charge in [-0.05, 0) is 43.3 Å². The van der Waals surface area contributed by atoms with E-state index in [0.29, 0.717) is 0 Å². The van der Waals surface area contributed by atoms with Crippen molar-refractivity contribution in [1.82, 2.24) is 9.24 Å². The predicted octanol–water partition coefficient (Wildman–Crippen LogP) is 4.80. The summed E-state index contributed by atoms with van der Waals surface area (Å²) in [4.78, 5) is 36.9. The Morgan fingerprint density at radius 2 is 1.73 bits per heavy atom. The van der Waals surface area contributed by atoms with Gasteiger partial charge in [0.15, 0.2) is 11.6 Å². The van der Waals surface area contributed by atoms with Gasteiger partial charge >= 0.3 is 13.7 Å². The summed E-state index contributed by atoms with van der Waals surface area (Å²) in [6, 6.07) is 12.7. The second-order valence-corrected chi connectivity index (χ2v) is 11.0. The van der Waals surface area contributed by atoms with Gasteiger partial charge < -0.3 is 24.0 Å². The minimum absolute atomic E-state index is 0.0152. The normalized spacial score (nSPS) is 17.5. The summed E-state index contributed by atoms with van der Waals surface area (Å²) in [5.74, 6) is -4.48. The number of fused-ring (bicyclic) bond motifs is 1. The highest BCUT2D eigenvalue weighted by molar-refractivity contribution is 7.50. The molecule has 40 heavy (non-hydrogen) atoms. The standard InChI is InChI=1S/C27H23F3N3O6P/c1-16-14-31(9-10-33(16)40(37,38)39-18-5-3-2-4-6-18)25-13-24-19(12-23(25)30)26(34)20(27(35)36)15-32(24)17-7-8-21(28)22(29)11-17/h2-8,11-13,15-16H,9-10,14H2,1H3,(H,35,36)(H,37,38). The smallest absolute Gasteiger partial charge is 0.459 e. The molecule has 9 nitrogen and oxygen atoms in total. The molecule has 1 aromatic heterocycles. The van der Waals surface area contributed by atoms with Gasteiger partial charge in [-0.1, -0.05) is 18.2 Å². The molecular formula is C27H23F3N3O6P. The van der Waals surface area contributed by atoms with E-state index >= 15 is 4.39 Å². The van der Waals surface area contributed by atoms with Crippen molar-refractivity contribution in [3.63, 3.8) is 0 Å². The van der Waals surface area contributed by atoms with Crippen LogP contribution < -0.4 is 14.9 Å².